The van der Waals surface area contributed by atoms with E-state index in [2.05, 4.69) is 29.7 Å². The molecule has 2 rings (SSSR count). The van der Waals surface area contributed by atoms with Crippen LogP contribution in [-0.2, 0) is 4.79 Å². The van der Waals surface area contributed by atoms with Gasteiger partial charge >= 0.3 is 0 Å². The largest absolute Gasteiger partial charge is 0.324 e. The van der Waals surface area contributed by atoms with Gasteiger partial charge in [-0.3, -0.25) is 4.79 Å². The first-order valence-electron chi connectivity index (χ1n) is 6.91. The van der Waals surface area contributed by atoms with Gasteiger partial charge in [0, 0.05) is 6.04 Å². The van der Waals surface area contributed by atoms with E-state index in [1.807, 2.05) is 31.2 Å². The van der Waals surface area contributed by atoms with Gasteiger partial charge in [-0.1, -0.05) is 48.0 Å². The van der Waals surface area contributed by atoms with E-state index in [0.29, 0.717) is 10.7 Å². The smallest absolute Gasteiger partial charge is 0.238 e. The molecule has 3 nitrogen and oxygen atoms in total. The van der Waals surface area contributed by atoms with Gasteiger partial charge in [-0.05, 0) is 37.1 Å². The zero-order valence-corrected chi connectivity index (χ0v) is 12.9. The average molecular weight is 303 g/mol. The molecule has 4 heteroatoms. The number of carbonyl (C=O) groups is 1. The Hall–Kier alpha value is -1.84. The molecule has 0 fully saturated rings. The first-order chi connectivity index (χ1) is 10.1. The Morgan fingerprint density at radius 1 is 1.14 bits per heavy atom. The summed E-state index contributed by atoms with van der Waals surface area (Å²) in [5.74, 6) is -0.108. The standard InChI is InChI=1S/C17H19ClN2O/c1-12-7-3-4-8-14(12)13(2)19-11-17(21)20-16-10-6-5-9-15(16)18/h3-10,13,19H,11H2,1-2H3,(H,20,21)/t13-/m1/s1. The third-order valence-corrected chi connectivity index (χ3v) is 3.70. The molecule has 0 aliphatic carbocycles. The van der Waals surface area contributed by atoms with Crippen LogP contribution < -0.4 is 10.6 Å². The lowest BCUT2D eigenvalue weighted by Crippen LogP contribution is -2.30. The highest BCUT2D eigenvalue weighted by atomic mass is 35.5. The predicted octanol–water partition coefficient (Wildman–Crippen LogP) is 3.94. The van der Waals surface area contributed by atoms with E-state index in [1.165, 1.54) is 11.1 Å². The molecule has 0 aromatic heterocycles. The van der Waals surface area contributed by atoms with Crippen LogP contribution >= 0.6 is 11.6 Å². The molecule has 2 aromatic carbocycles. The molecular formula is C17H19ClN2O. The molecule has 0 radical (unpaired) electrons. The summed E-state index contributed by atoms with van der Waals surface area (Å²) in [7, 11) is 0. The molecule has 0 saturated heterocycles. The molecule has 0 aliphatic rings. The van der Waals surface area contributed by atoms with Gasteiger partial charge in [-0.25, -0.2) is 0 Å². The second-order valence-corrected chi connectivity index (χ2v) is 5.39. The van der Waals surface area contributed by atoms with Gasteiger partial charge in [0.25, 0.3) is 0 Å². The van der Waals surface area contributed by atoms with Crippen LogP contribution in [0.5, 0.6) is 0 Å². The minimum absolute atomic E-state index is 0.108. The number of hydrogen-bond acceptors (Lipinski definition) is 2. The Labute approximate surface area is 130 Å². The van der Waals surface area contributed by atoms with Crippen LogP contribution in [0.3, 0.4) is 0 Å². The molecule has 21 heavy (non-hydrogen) atoms. The highest BCUT2D eigenvalue weighted by Crippen LogP contribution is 2.20. The monoisotopic (exact) mass is 302 g/mol. The first-order valence-corrected chi connectivity index (χ1v) is 7.29. The number of rotatable bonds is 5. The second-order valence-electron chi connectivity index (χ2n) is 4.99. The molecular weight excluding hydrogens is 284 g/mol. The van der Waals surface area contributed by atoms with Gasteiger partial charge < -0.3 is 10.6 Å². The molecule has 110 valence electrons. The number of anilines is 1. The summed E-state index contributed by atoms with van der Waals surface area (Å²) in [6.45, 7) is 4.35. The third-order valence-electron chi connectivity index (χ3n) is 3.37. The molecule has 1 amide bonds. The Balaban J connectivity index is 1.90. The van der Waals surface area contributed by atoms with Crippen molar-refractivity contribution in [1.82, 2.24) is 5.32 Å². The minimum atomic E-state index is -0.108. The summed E-state index contributed by atoms with van der Waals surface area (Å²) < 4.78 is 0. The highest BCUT2D eigenvalue weighted by Gasteiger charge is 2.10. The molecule has 2 N–H and O–H groups in total. The Bertz CT molecular complexity index is 628. The van der Waals surface area contributed by atoms with Crippen molar-refractivity contribution >= 4 is 23.2 Å². The molecule has 2 aromatic rings. The molecule has 0 aliphatic heterocycles. The average Bonchev–Trinajstić information content (AvgIpc) is 2.48. The number of halogens is 1. The maximum atomic E-state index is 12.0. The van der Waals surface area contributed by atoms with Crippen LogP contribution in [0.2, 0.25) is 5.02 Å². The van der Waals surface area contributed by atoms with Crippen molar-refractivity contribution in [3.8, 4) is 0 Å². The topological polar surface area (TPSA) is 41.1 Å². The van der Waals surface area contributed by atoms with Gasteiger partial charge in [0.2, 0.25) is 5.91 Å². The third kappa shape index (κ3) is 4.31. The van der Waals surface area contributed by atoms with Crippen molar-refractivity contribution in [1.29, 1.82) is 0 Å². The fraction of sp³-hybridized carbons (Fsp3) is 0.235. The molecule has 0 spiro atoms. The molecule has 0 unspecified atom stereocenters. The molecule has 0 bridgehead atoms. The number of amides is 1. The van der Waals surface area contributed by atoms with Crippen LogP contribution in [0.25, 0.3) is 0 Å². The summed E-state index contributed by atoms with van der Waals surface area (Å²) in [5, 5.41) is 6.56. The van der Waals surface area contributed by atoms with E-state index < -0.39 is 0 Å². The lowest BCUT2D eigenvalue weighted by molar-refractivity contribution is -0.115. The van der Waals surface area contributed by atoms with E-state index >= 15 is 0 Å². The fourth-order valence-electron chi connectivity index (χ4n) is 2.19. The number of benzene rings is 2. The molecule has 0 heterocycles. The predicted molar refractivity (Wildman–Crippen MR) is 87.7 cm³/mol. The van der Waals surface area contributed by atoms with Gasteiger partial charge in [0.1, 0.15) is 0 Å². The van der Waals surface area contributed by atoms with Gasteiger partial charge in [-0.15, -0.1) is 0 Å². The number of carbonyl (C=O) groups excluding carboxylic acids is 1. The zero-order chi connectivity index (χ0) is 15.2. The van der Waals surface area contributed by atoms with E-state index in [1.54, 1.807) is 12.1 Å². The van der Waals surface area contributed by atoms with Crippen molar-refractivity contribution < 1.29 is 4.79 Å². The van der Waals surface area contributed by atoms with Crippen molar-refractivity contribution in [3.05, 3.63) is 64.7 Å². The lowest BCUT2D eigenvalue weighted by atomic mass is 10.0. The van der Waals surface area contributed by atoms with Crippen LogP contribution in [0.4, 0.5) is 5.69 Å². The lowest BCUT2D eigenvalue weighted by Gasteiger charge is -2.16. The van der Waals surface area contributed by atoms with Crippen LogP contribution in [0.1, 0.15) is 24.1 Å². The normalized spacial score (nSPS) is 12.0. The van der Waals surface area contributed by atoms with Gasteiger partial charge in [0.05, 0.1) is 17.3 Å². The van der Waals surface area contributed by atoms with Crippen LogP contribution in [0.15, 0.2) is 48.5 Å². The Kier molecular flexibility index (Phi) is 5.37. The summed E-state index contributed by atoms with van der Waals surface area (Å²) in [6.07, 6.45) is 0. The summed E-state index contributed by atoms with van der Waals surface area (Å²) in [5.41, 5.74) is 3.04. The Morgan fingerprint density at radius 3 is 2.52 bits per heavy atom. The molecule has 1 atom stereocenters. The van der Waals surface area contributed by atoms with E-state index in [-0.39, 0.29) is 18.5 Å². The van der Waals surface area contributed by atoms with Crippen molar-refractivity contribution in [2.24, 2.45) is 0 Å². The Morgan fingerprint density at radius 2 is 1.81 bits per heavy atom. The highest BCUT2D eigenvalue weighted by molar-refractivity contribution is 6.33. The van der Waals surface area contributed by atoms with Crippen molar-refractivity contribution in [2.45, 2.75) is 19.9 Å². The summed E-state index contributed by atoms with van der Waals surface area (Å²) >= 11 is 6.01. The van der Waals surface area contributed by atoms with Gasteiger partial charge in [-0.2, -0.15) is 0 Å². The summed E-state index contributed by atoms with van der Waals surface area (Å²) in [6, 6.07) is 15.5. The van der Waals surface area contributed by atoms with Crippen LogP contribution in [0, 0.1) is 6.92 Å². The zero-order valence-electron chi connectivity index (χ0n) is 12.2. The SMILES string of the molecule is Cc1ccccc1[C@@H](C)NCC(=O)Nc1ccccc1Cl. The number of hydrogen-bond donors (Lipinski definition) is 2. The number of nitrogens with one attached hydrogen (secondary N) is 2. The fourth-order valence-corrected chi connectivity index (χ4v) is 2.37. The summed E-state index contributed by atoms with van der Waals surface area (Å²) in [4.78, 5) is 12.0. The first kappa shape index (κ1) is 15.5. The van der Waals surface area contributed by atoms with Gasteiger partial charge in [0.15, 0.2) is 0 Å². The number of para-hydroxylation sites is 1. The maximum Gasteiger partial charge on any atom is 0.238 e. The van der Waals surface area contributed by atoms with Crippen molar-refractivity contribution in [3.63, 3.8) is 0 Å². The quantitative estimate of drug-likeness (QED) is 0.878. The van der Waals surface area contributed by atoms with Crippen molar-refractivity contribution in [2.75, 3.05) is 11.9 Å². The maximum absolute atomic E-state index is 12.0. The number of aryl methyl sites for hydroxylation is 1. The van der Waals surface area contributed by atoms with E-state index in [0.717, 1.165) is 0 Å². The van der Waals surface area contributed by atoms with E-state index in [9.17, 15) is 4.79 Å². The van der Waals surface area contributed by atoms with Crippen LogP contribution in [-0.4, -0.2) is 12.5 Å². The minimum Gasteiger partial charge on any atom is -0.324 e. The molecule has 0 saturated carbocycles. The van der Waals surface area contributed by atoms with E-state index in [4.69, 9.17) is 11.6 Å². The second kappa shape index (κ2) is 7.25.